The smallest absolute Gasteiger partial charge is 0.138 e. The van der Waals surface area contributed by atoms with E-state index < -0.39 is 6.10 Å². The van der Waals surface area contributed by atoms with Crippen LogP contribution in [0, 0.1) is 0 Å². The topological polar surface area (TPSA) is 55.2 Å². The monoisotopic (exact) mass is 278 g/mol. The third kappa shape index (κ3) is 3.43. The molecule has 5 heteroatoms. The van der Waals surface area contributed by atoms with Crippen LogP contribution in [0.4, 0.5) is 0 Å². The summed E-state index contributed by atoms with van der Waals surface area (Å²) in [7, 11) is 0. The average molecular weight is 279 g/mol. The van der Waals surface area contributed by atoms with Gasteiger partial charge >= 0.3 is 0 Å². The number of aliphatic hydroxyl groups is 1. The van der Waals surface area contributed by atoms with E-state index in [2.05, 4.69) is 9.97 Å². The van der Waals surface area contributed by atoms with Crippen molar-refractivity contribution in [3.63, 3.8) is 0 Å². The third-order valence-corrected chi connectivity index (χ3v) is 2.84. The van der Waals surface area contributed by atoms with E-state index in [1.165, 1.54) is 6.20 Å². The molecule has 1 unspecified atom stereocenters. The van der Waals surface area contributed by atoms with Gasteiger partial charge in [0, 0.05) is 29.7 Å². The lowest BCUT2D eigenvalue weighted by atomic mass is 10.0. The molecule has 19 heavy (non-hydrogen) atoms. The van der Waals surface area contributed by atoms with Gasteiger partial charge in [-0.05, 0) is 26.0 Å². The molecular weight excluding hydrogens is 264 g/mol. The fourth-order valence-electron chi connectivity index (χ4n) is 1.71. The number of halogens is 1. The van der Waals surface area contributed by atoms with Gasteiger partial charge in [0.2, 0.25) is 0 Å². The van der Waals surface area contributed by atoms with Gasteiger partial charge in [0.1, 0.15) is 11.9 Å². The quantitative estimate of drug-likeness (QED) is 0.934. The Hall–Kier alpha value is -1.65. The van der Waals surface area contributed by atoms with Gasteiger partial charge in [0.15, 0.2) is 0 Å². The summed E-state index contributed by atoms with van der Waals surface area (Å²) in [5.74, 6) is 0.622. The Kier molecular flexibility index (Phi) is 4.35. The van der Waals surface area contributed by atoms with Crippen molar-refractivity contribution in [2.45, 2.75) is 26.1 Å². The minimum absolute atomic E-state index is 0.0544. The number of rotatable bonds is 4. The van der Waals surface area contributed by atoms with E-state index in [1.54, 1.807) is 30.7 Å². The van der Waals surface area contributed by atoms with Crippen molar-refractivity contribution in [3.05, 3.63) is 53.1 Å². The number of ether oxygens (including phenoxy) is 1. The second-order valence-corrected chi connectivity index (χ2v) is 4.83. The first-order valence-corrected chi connectivity index (χ1v) is 6.35. The summed E-state index contributed by atoms with van der Waals surface area (Å²) in [6, 6.07) is 3.44. The van der Waals surface area contributed by atoms with E-state index in [4.69, 9.17) is 16.3 Å². The number of nitrogens with zero attached hydrogens (tertiary/aromatic N) is 2. The van der Waals surface area contributed by atoms with Gasteiger partial charge < -0.3 is 9.84 Å². The molecule has 100 valence electrons. The zero-order chi connectivity index (χ0) is 13.8. The number of hydrogen-bond donors (Lipinski definition) is 1. The van der Waals surface area contributed by atoms with Crippen molar-refractivity contribution in [1.29, 1.82) is 0 Å². The Morgan fingerprint density at radius 1 is 1.21 bits per heavy atom. The zero-order valence-corrected chi connectivity index (χ0v) is 11.5. The first-order valence-electron chi connectivity index (χ1n) is 5.97. The fraction of sp³-hybridized carbons (Fsp3) is 0.286. The molecule has 2 aromatic rings. The molecular formula is C14H15ClN2O2. The van der Waals surface area contributed by atoms with Crippen LogP contribution in [0.3, 0.4) is 0 Å². The van der Waals surface area contributed by atoms with Crippen LogP contribution in [0.5, 0.6) is 5.75 Å². The SMILES string of the molecule is CC(C)Oc1cncc(C(O)c2ccncc2Cl)c1. The summed E-state index contributed by atoms with van der Waals surface area (Å²) in [5.41, 5.74) is 1.23. The van der Waals surface area contributed by atoms with E-state index in [0.29, 0.717) is 21.9 Å². The molecule has 0 aliphatic heterocycles. The van der Waals surface area contributed by atoms with E-state index in [1.807, 2.05) is 13.8 Å². The second-order valence-electron chi connectivity index (χ2n) is 4.42. The van der Waals surface area contributed by atoms with Crippen molar-refractivity contribution in [2.24, 2.45) is 0 Å². The van der Waals surface area contributed by atoms with Crippen LogP contribution in [-0.2, 0) is 0 Å². The molecule has 2 rings (SSSR count). The highest BCUT2D eigenvalue weighted by atomic mass is 35.5. The molecule has 0 aliphatic rings. The van der Waals surface area contributed by atoms with E-state index in [0.717, 1.165) is 0 Å². The Morgan fingerprint density at radius 2 is 2.00 bits per heavy atom. The molecule has 2 aromatic heterocycles. The van der Waals surface area contributed by atoms with Crippen molar-refractivity contribution >= 4 is 11.6 Å². The summed E-state index contributed by atoms with van der Waals surface area (Å²) >= 11 is 6.02. The van der Waals surface area contributed by atoms with Crippen molar-refractivity contribution < 1.29 is 9.84 Å². The van der Waals surface area contributed by atoms with Gasteiger partial charge in [0.05, 0.1) is 17.3 Å². The molecule has 0 saturated carbocycles. The van der Waals surface area contributed by atoms with Crippen LogP contribution in [0.2, 0.25) is 5.02 Å². The van der Waals surface area contributed by atoms with Crippen LogP contribution >= 0.6 is 11.6 Å². The largest absolute Gasteiger partial charge is 0.489 e. The second kappa shape index (κ2) is 5.99. The maximum absolute atomic E-state index is 10.3. The normalized spacial score (nSPS) is 12.5. The van der Waals surface area contributed by atoms with Gasteiger partial charge in [-0.3, -0.25) is 9.97 Å². The summed E-state index contributed by atoms with van der Waals surface area (Å²) < 4.78 is 5.55. The van der Waals surface area contributed by atoms with Crippen molar-refractivity contribution in [2.75, 3.05) is 0 Å². The third-order valence-electron chi connectivity index (χ3n) is 2.52. The van der Waals surface area contributed by atoms with Gasteiger partial charge in [-0.1, -0.05) is 11.6 Å². The first kappa shape index (κ1) is 13.8. The van der Waals surface area contributed by atoms with Gasteiger partial charge in [-0.2, -0.15) is 0 Å². The van der Waals surface area contributed by atoms with Crippen LogP contribution < -0.4 is 4.74 Å². The maximum atomic E-state index is 10.3. The summed E-state index contributed by atoms with van der Waals surface area (Å²) in [4.78, 5) is 7.96. The molecule has 1 N–H and O–H groups in total. The number of hydrogen-bond acceptors (Lipinski definition) is 4. The lowest BCUT2D eigenvalue weighted by Crippen LogP contribution is -2.07. The van der Waals surface area contributed by atoms with Crippen LogP contribution in [0.1, 0.15) is 31.1 Å². The lowest BCUT2D eigenvalue weighted by Gasteiger charge is -2.14. The zero-order valence-electron chi connectivity index (χ0n) is 10.7. The molecule has 0 spiro atoms. The van der Waals surface area contributed by atoms with E-state index >= 15 is 0 Å². The standard InChI is InChI=1S/C14H15ClN2O2/c1-9(2)19-11-5-10(6-17-7-11)14(18)12-3-4-16-8-13(12)15/h3-9,14,18H,1-2H3. The van der Waals surface area contributed by atoms with E-state index in [9.17, 15) is 5.11 Å². The number of pyridine rings is 2. The molecule has 0 aromatic carbocycles. The average Bonchev–Trinajstić information content (AvgIpc) is 2.38. The maximum Gasteiger partial charge on any atom is 0.138 e. The Balaban J connectivity index is 2.29. The Morgan fingerprint density at radius 3 is 2.68 bits per heavy atom. The van der Waals surface area contributed by atoms with Crippen LogP contribution in [-0.4, -0.2) is 21.2 Å². The van der Waals surface area contributed by atoms with E-state index in [-0.39, 0.29) is 6.10 Å². The van der Waals surface area contributed by atoms with Gasteiger partial charge in [-0.15, -0.1) is 0 Å². The van der Waals surface area contributed by atoms with Crippen molar-refractivity contribution in [1.82, 2.24) is 9.97 Å². The molecule has 0 amide bonds. The number of aliphatic hydroxyl groups excluding tert-OH is 1. The highest BCUT2D eigenvalue weighted by Gasteiger charge is 2.15. The molecule has 0 saturated heterocycles. The van der Waals surface area contributed by atoms with Crippen LogP contribution in [0.15, 0.2) is 36.9 Å². The van der Waals surface area contributed by atoms with Crippen LogP contribution in [0.25, 0.3) is 0 Å². The summed E-state index contributed by atoms with van der Waals surface area (Å²) in [5, 5.41) is 10.7. The molecule has 2 heterocycles. The summed E-state index contributed by atoms with van der Waals surface area (Å²) in [6.45, 7) is 3.87. The lowest BCUT2D eigenvalue weighted by molar-refractivity contribution is 0.215. The van der Waals surface area contributed by atoms with Crippen molar-refractivity contribution in [3.8, 4) is 5.75 Å². The predicted octanol–water partition coefficient (Wildman–Crippen LogP) is 3.00. The number of aromatic nitrogens is 2. The molecule has 0 aliphatic carbocycles. The fourth-order valence-corrected chi connectivity index (χ4v) is 1.93. The van der Waals surface area contributed by atoms with Gasteiger partial charge in [0.25, 0.3) is 0 Å². The molecule has 1 atom stereocenters. The molecule has 0 bridgehead atoms. The van der Waals surface area contributed by atoms with Gasteiger partial charge in [-0.25, -0.2) is 0 Å². The minimum atomic E-state index is -0.848. The molecule has 0 radical (unpaired) electrons. The molecule has 4 nitrogen and oxygen atoms in total. The Labute approximate surface area is 117 Å². The minimum Gasteiger partial charge on any atom is -0.489 e. The predicted molar refractivity (Wildman–Crippen MR) is 73.3 cm³/mol. The highest BCUT2D eigenvalue weighted by molar-refractivity contribution is 6.31. The Bertz CT molecular complexity index is 561. The molecule has 0 fully saturated rings. The highest BCUT2D eigenvalue weighted by Crippen LogP contribution is 2.28. The summed E-state index contributed by atoms with van der Waals surface area (Å²) in [6.07, 6.45) is 5.50. The first-order chi connectivity index (χ1) is 9.08.